The molecular formula is C13H25ClN2O3. The van der Waals surface area contributed by atoms with E-state index in [1.54, 1.807) is 0 Å². The van der Waals surface area contributed by atoms with Crippen molar-refractivity contribution >= 4 is 18.3 Å². The number of halogens is 1. The summed E-state index contributed by atoms with van der Waals surface area (Å²) in [4.78, 5) is 14.2. The van der Waals surface area contributed by atoms with E-state index in [0.717, 1.165) is 45.6 Å². The molecule has 19 heavy (non-hydrogen) atoms. The zero-order valence-corrected chi connectivity index (χ0v) is 12.4. The maximum absolute atomic E-state index is 12.2. The lowest BCUT2D eigenvalue weighted by atomic mass is 10.1. The number of nitrogens with two attached hydrogens (primary N) is 1. The molecule has 0 aliphatic carbocycles. The molecule has 2 fully saturated rings. The van der Waals surface area contributed by atoms with Crippen molar-refractivity contribution in [1.82, 2.24) is 4.90 Å². The van der Waals surface area contributed by atoms with E-state index < -0.39 is 0 Å². The molecule has 2 aliphatic heterocycles. The molecule has 2 N–H and O–H groups in total. The lowest BCUT2D eigenvalue weighted by Crippen LogP contribution is -2.38. The molecule has 2 aliphatic rings. The molecule has 6 heteroatoms. The van der Waals surface area contributed by atoms with Crippen LogP contribution in [0.4, 0.5) is 0 Å². The number of hydrogen-bond acceptors (Lipinski definition) is 4. The van der Waals surface area contributed by atoms with Gasteiger partial charge in [0.2, 0.25) is 0 Å². The Labute approximate surface area is 121 Å². The first kappa shape index (κ1) is 16.7. The molecule has 0 aromatic carbocycles. The molecule has 0 aromatic rings. The van der Waals surface area contributed by atoms with Crippen molar-refractivity contribution in [1.29, 1.82) is 0 Å². The molecule has 2 saturated heterocycles. The van der Waals surface area contributed by atoms with E-state index >= 15 is 0 Å². The fourth-order valence-corrected chi connectivity index (χ4v) is 2.72. The molecule has 1 amide bonds. The number of carbonyl (C=O) groups excluding carboxylic acids is 1. The predicted molar refractivity (Wildman–Crippen MR) is 75.4 cm³/mol. The van der Waals surface area contributed by atoms with Crippen LogP contribution < -0.4 is 5.73 Å². The van der Waals surface area contributed by atoms with Gasteiger partial charge >= 0.3 is 0 Å². The van der Waals surface area contributed by atoms with Gasteiger partial charge in [0.25, 0.3) is 5.91 Å². The summed E-state index contributed by atoms with van der Waals surface area (Å²) in [6, 6.07) is 0. The molecule has 112 valence electrons. The monoisotopic (exact) mass is 292 g/mol. The van der Waals surface area contributed by atoms with Crippen LogP contribution in [0.25, 0.3) is 0 Å². The first-order chi connectivity index (χ1) is 8.74. The van der Waals surface area contributed by atoms with Crippen molar-refractivity contribution in [2.24, 2.45) is 11.7 Å². The Balaban J connectivity index is 0.00000180. The Hall–Kier alpha value is -0.360. The molecule has 0 radical (unpaired) electrons. The fourth-order valence-electron chi connectivity index (χ4n) is 2.72. The SMILES string of the molecule is CCOCC1CCN(C(=O)[C@@H]2CC[C@H](CN)O2)C1.Cl. The van der Waals surface area contributed by atoms with E-state index in [0.29, 0.717) is 12.5 Å². The number of ether oxygens (including phenoxy) is 2. The number of nitrogens with zero attached hydrogens (tertiary/aromatic N) is 1. The van der Waals surface area contributed by atoms with Gasteiger partial charge in [0, 0.05) is 32.2 Å². The average Bonchev–Trinajstić information content (AvgIpc) is 3.04. The predicted octanol–water partition coefficient (Wildman–Crippen LogP) is 0.800. The molecular weight excluding hydrogens is 268 g/mol. The minimum absolute atomic E-state index is 0. The van der Waals surface area contributed by atoms with Crippen LogP contribution in [0.5, 0.6) is 0 Å². The van der Waals surface area contributed by atoms with E-state index in [-0.39, 0.29) is 30.5 Å². The van der Waals surface area contributed by atoms with Crippen molar-refractivity contribution in [2.45, 2.75) is 38.4 Å². The Morgan fingerprint density at radius 3 is 2.84 bits per heavy atom. The van der Waals surface area contributed by atoms with Crippen LogP contribution in [-0.2, 0) is 14.3 Å². The molecule has 0 saturated carbocycles. The molecule has 5 nitrogen and oxygen atoms in total. The summed E-state index contributed by atoms with van der Waals surface area (Å²) < 4.78 is 11.1. The third-order valence-electron chi connectivity index (χ3n) is 3.80. The average molecular weight is 293 g/mol. The summed E-state index contributed by atoms with van der Waals surface area (Å²) in [6.45, 7) is 5.66. The van der Waals surface area contributed by atoms with E-state index in [1.807, 2.05) is 11.8 Å². The zero-order valence-electron chi connectivity index (χ0n) is 11.5. The lowest BCUT2D eigenvalue weighted by molar-refractivity contribution is -0.141. The molecule has 0 bridgehead atoms. The van der Waals surface area contributed by atoms with E-state index in [4.69, 9.17) is 15.2 Å². The first-order valence-corrected chi connectivity index (χ1v) is 6.96. The van der Waals surface area contributed by atoms with Crippen LogP contribution in [0.1, 0.15) is 26.2 Å². The highest BCUT2D eigenvalue weighted by atomic mass is 35.5. The number of likely N-dealkylation sites (tertiary alicyclic amines) is 1. The Morgan fingerprint density at radius 2 is 2.21 bits per heavy atom. The van der Waals surface area contributed by atoms with Crippen LogP contribution in [0.2, 0.25) is 0 Å². The van der Waals surface area contributed by atoms with Crippen molar-refractivity contribution < 1.29 is 14.3 Å². The summed E-state index contributed by atoms with van der Waals surface area (Å²) in [7, 11) is 0. The second kappa shape index (κ2) is 8.04. The highest BCUT2D eigenvalue weighted by Crippen LogP contribution is 2.24. The van der Waals surface area contributed by atoms with Gasteiger partial charge in [-0.3, -0.25) is 4.79 Å². The minimum Gasteiger partial charge on any atom is -0.381 e. The van der Waals surface area contributed by atoms with Gasteiger partial charge < -0.3 is 20.1 Å². The van der Waals surface area contributed by atoms with Gasteiger partial charge in [0.1, 0.15) is 6.10 Å². The molecule has 1 unspecified atom stereocenters. The Bertz CT molecular complexity index is 291. The van der Waals surface area contributed by atoms with Gasteiger partial charge in [-0.25, -0.2) is 0 Å². The summed E-state index contributed by atoms with van der Waals surface area (Å²) >= 11 is 0. The molecule has 2 heterocycles. The topological polar surface area (TPSA) is 64.8 Å². The zero-order chi connectivity index (χ0) is 13.0. The van der Waals surface area contributed by atoms with Gasteiger partial charge in [-0.15, -0.1) is 12.4 Å². The molecule has 0 aromatic heterocycles. The van der Waals surface area contributed by atoms with Crippen molar-refractivity contribution in [3.8, 4) is 0 Å². The van der Waals surface area contributed by atoms with Crippen LogP contribution in [0.15, 0.2) is 0 Å². The second-order valence-electron chi connectivity index (χ2n) is 5.16. The summed E-state index contributed by atoms with van der Waals surface area (Å²) in [5, 5.41) is 0. The van der Waals surface area contributed by atoms with Crippen LogP contribution in [0.3, 0.4) is 0 Å². The largest absolute Gasteiger partial charge is 0.381 e. The maximum Gasteiger partial charge on any atom is 0.251 e. The van der Waals surface area contributed by atoms with E-state index in [1.165, 1.54) is 0 Å². The quantitative estimate of drug-likeness (QED) is 0.814. The number of carbonyl (C=O) groups is 1. The first-order valence-electron chi connectivity index (χ1n) is 6.96. The normalized spacial score (nSPS) is 30.4. The second-order valence-corrected chi connectivity index (χ2v) is 5.16. The molecule has 3 atom stereocenters. The summed E-state index contributed by atoms with van der Waals surface area (Å²) in [5.41, 5.74) is 5.56. The fraction of sp³-hybridized carbons (Fsp3) is 0.923. The van der Waals surface area contributed by atoms with Gasteiger partial charge in [-0.2, -0.15) is 0 Å². The van der Waals surface area contributed by atoms with Crippen molar-refractivity contribution in [3.63, 3.8) is 0 Å². The van der Waals surface area contributed by atoms with Crippen LogP contribution in [-0.4, -0.2) is 55.9 Å². The Morgan fingerprint density at radius 1 is 1.42 bits per heavy atom. The lowest BCUT2D eigenvalue weighted by Gasteiger charge is -2.21. The smallest absolute Gasteiger partial charge is 0.251 e. The highest BCUT2D eigenvalue weighted by Gasteiger charge is 2.35. The van der Waals surface area contributed by atoms with Crippen LogP contribution >= 0.6 is 12.4 Å². The van der Waals surface area contributed by atoms with E-state index in [2.05, 4.69) is 0 Å². The van der Waals surface area contributed by atoms with E-state index in [9.17, 15) is 4.79 Å². The third kappa shape index (κ3) is 4.31. The standard InChI is InChI=1S/C13H24N2O3.ClH/c1-2-17-9-10-5-6-15(8-10)13(16)12-4-3-11(7-14)18-12;/h10-12H,2-9,14H2,1H3;1H/t10?,11-,12+;/m1./s1. The maximum atomic E-state index is 12.2. The number of rotatable bonds is 5. The summed E-state index contributed by atoms with van der Waals surface area (Å²) in [6.07, 6.45) is 2.57. The van der Waals surface area contributed by atoms with Crippen LogP contribution in [0, 0.1) is 5.92 Å². The van der Waals surface area contributed by atoms with Crippen molar-refractivity contribution in [3.05, 3.63) is 0 Å². The third-order valence-corrected chi connectivity index (χ3v) is 3.80. The number of amides is 1. The number of hydrogen-bond donors (Lipinski definition) is 1. The highest BCUT2D eigenvalue weighted by molar-refractivity contribution is 5.85. The van der Waals surface area contributed by atoms with Gasteiger partial charge in [-0.05, 0) is 26.2 Å². The minimum atomic E-state index is -0.260. The Kier molecular flexibility index (Phi) is 7.07. The summed E-state index contributed by atoms with van der Waals surface area (Å²) in [5.74, 6) is 0.630. The van der Waals surface area contributed by atoms with Gasteiger partial charge in [0.15, 0.2) is 0 Å². The molecule has 0 spiro atoms. The van der Waals surface area contributed by atoms with Crippen molar-refractivity contribution in [2.75, 3.05) is 32.8 Å². The molecule has 2 rings (SSSR count). The van der Waals surface area contributed by atoms with Gasteiger partial charge in [0.05, 0.1) is 12.7 Å². The van der Waals surface area contributed by atoms with Gasteiger partial charge in [-0.1, -0.05) is 0 Å².